The van der Waals surface area contributed by atoms with Crippen LogP contribution < -0.4 is 11.1 Å². The van der Waals surface area contributed by atoms with Gasteiger partial charge in [0.2, 0.25) is 5.91 Å². The lowest BCUT2D eigenvalue weighted by atomic mass is 10.2. The zero-order chi connectivity index (χ0) is 14.6. The highest BCUT2D eigenvalue weighted by molar-refractivity contribution is 5.94. The van der Waals surface area contributed by atoms with Crippen molar-refractivity contribution in [2.24, 2.45) is 0 Å². The monoisotopic (exact) mass is 275 g/mol. The summed E-state index contributed by atoms with van der Waals surface area (Å²) in [5.41, 5.74) is 6.47. The van der Waals surface area contributed by atoms with Crippen LogP contribution in [0.4, 0.5) is 24.5 Å². The van der Waals surface area contributed by atoms with E-state index in [1.165, 1.54) is 20.0 Å². The Morgan fingerprint density at radius 2 is 2.11 bits per heavy atom. The van der Waals surface area contributed by atoms with Gasteiger partial charge in [-0.15, -0.1) is 0 Å². The molecule has 0 heterocycles. The van der Waals surface area contributed by atoms with Gasteiger partial charge >= 0.3 is 6.18 Å². The number of amides is 1. The van der Waals surface area contributed by atoms with Gasteiger partial charge in [-0.25, -0.2) is 0 Å². The number of alkyl halides is 3. The molecule has 0 saturated carbocycles. The van der Waals surface area contributed by atoms with E-state index in [4.69, 9.17) is 5.73 Å². The summed E-state index contributed by atoms with van der Waals surface area (Å²) in [7, 11) is 1.25. The van der Waals surface area contributed by atoms with Crippen LogP contribution >= 0.6 is 0 Å². The van der Waals surface area contributed by atoms with Crippen molar-refractivity contribution in [3.05, 3.63) is 24.3 Å². The number of nitrogens with two attached hydrogens (primary N) is 1. The number of hydrogen-bond acceptors (Lipinski definition) is 3. The van der Waals surface area contributed by atoms with E-state index in [1.54, 1.807) is 18.2 Å². The van der Waals surface area contributed by atoms with Crippen molar-refractivity contribution in [2.45, 2.75) is 19.1 Å². The molecule has 0 aromatic heterocycles. The zero-order valence-electron chi connectivity index (χ0n) is 10.7. The van der Waals surface area contributed by atoms with Gasteiger partial charge in [-0.2, -0.15) is 13.2 Å². The van der Waals surface area contributed by atoms with Gasteiger partial charge in [0.05, 0.1) is 12.6 Å². The summed E-state index contributed by atoms with van der Waals surface area (Å²) in [5.74, 6) is -0.516. The van der Waals surface area contributed by atoms with E-state index in [0.29, 0.717) is 11.4 Å². The number of nitrogens with one attached hydrogen (secondary N) is 1. The number of halogens is 3. The largest absolute Gasteiger partial charge is 0.401 e. The standard InChI is InChI=1S/C12H16F3N3O/c1-8(18(2)7-12(13,14)15)11(19)17-10-5-3-4-9(16)6-10/h3-6,8H,7,16H2,1-2H3,(H,17,19). The second kappa shape index (κ2) is 5.92. The van der Waals surface area contributed by atoms with Crippen molar-refractivity contribution in [3.63, 3.8) is 0 Å². The molecule has 1 aromatic carbocycles. The van der Waals surface area contributed by atoms with Crippen molar-refractivity contribution in [1.29, 1.82) is 0 Å². The molecule has 0 radical (unpaired) electrons. The molecule has 19 heavy (non-hydrogen) atoms. The van der Waals surface area contributed by atoms with Crippen molar-refractivity contribution >= 4 is 17.3 Å². The summed E-state index contributed by atoms with van der Waals surface area (Å²) < 4.78 is 36.7. The first-order chi connectivity index (χ1) is 8.69. The van der Waals surface area contributed by atoms with Crippen LogP contribution in [0, 0.1) is 0 Å². The van der Waals surface area contributed by atoms with E-state index in [0.717, 1.165) is 4.90 Å². The molecule has 4 nitrogen and oxygen atoms in total. The van der Waals surface area contributed by atoms with Gasteiger partial charge in [0.25, 0.3) is 0 Å². The second-order valence-corrected chi connectivity index (χ2v) is 4.32. The molecular weight excluding hydrogens is 259 g/mol. The number of likely N-dealkylation sites (N-methyl/N-ethyl adjacent to an activating group) is 1. The van der Waals surface area contributed by atoms with Gasteiger partial charge in [0.15, 0.2) is 0 Å². The Bertz CT molecular complexity index is 448. The summed E-state index contributed by atoms with van der Waals surface area (Å²) in [6, 6.07) is 5.55. The fourth-order valence-corrected chi connectivity index (χ4v) is 1.48. The molecule has 1 atom stereocenters. The first-order valence-corrected chi connectivity index (χ1v) is 5.62. The van der Waals surface area contributed by atoms with E-state index in [-0.39, 0.29) is 0 Å². The van der Waals surface area contributed by atoms with E-state index in [2.05, 4.69) is 5.32 Å². The van der Waals surface area contributed by atoms with Crippen LogP contribution in [0.3, 0.4) is 0 Å². The molecule has 0 aliphatic rings. The highest BCUT2D eigenvalue weighted by atomic mass is 19.4. The second-order valence-electron chi connectivity index (χ2n) is 4.32. The maximum atomic E-state index is 12.2. The Hall–Kier alpha value is -1.76. The number of hydrogen-bond donors (Lipinski definition) is 2. The zero-order valence-corrected chi connectivity index (χ0v) is 10.7. The molecule has 1 amide bonds. The first-order valence-electron chi connectivity index (χ1n) is 5.62. The molecule has 0 fully saturated rings. The number of anilines is 2. The first kappa shape index (κ1) is 15.3. The van der Waals surface area contributed by atoms with Crippen molar-refractivity contribution in [2.75, 3.05) is 24.6 Å². The lowest BCUT2D eigenvalue weighted by Crippen LogP contribution is -2.44. The predicted octanol–water partition coefficient (Wildman–Crippen LogP) is 2.09. The fraction of sp³-hybridized carbons (Fsp3) is 0.417. The highest BCUT2D eigenvalue weighted by Gasteiger charge is 2.32. The minimum atomic E-state index is -4.33. The number of carbonyl (C=O) groups excluding carboxylic acids is 1. The number of nitrogens with zero attached hydrogens (tertiary/aromatic N) is 1. The molecule has 0 bridgehead atoms. The molecule has 1 aromatic rings. The smallest absolute Gasteiger partial charge is 0.399 e. The molecule has 0 aliphatic carbocycles. The summed E-state index contributed by atoms with van der Waals surface area (Å²) in [6.45, 7) is 0.270. The van der Waals surface area contributed by atoms with Gasteiger partial charge in [-0.05, 0) is 32.2 Å². The van der Waals surface area contributed by atoms with Crippen LogP contribution in [0.1, 0.15) is 6.92 Å². The van der Waals surface area contributed by atoms with Crippen LogP contribution in [-0.4, -0.2) is 36.6 Å². The Labute approximate surface area is 109 Å². The number of benzene rings is 1. The molecule has 7 heteroatoms. The van der Waals surface area contributed by atoms with Crippen molar-refractivity contribution in [3.8, 4) is 0 Å². The Morgan fingerprint density at radius 3 is 2.63 bits per heavy atom. The van der Waals surface area contributed by atoms with Gasteiger partial charge < -0.3 is 11.1 Å². The summed E-state index contributed by atoms with van der Waals surface area (Å²) in [6.07, 6.45) is -4.33. The van der Waals surface area contributed by atoms with E-state index in [9.17, 15) is 18.0 Å². The van der Waals surface area contributed by atoms with Gasteiger partial charge in [0.1, 0.15) is 0 Å². The fourth-order valence-electron chi connectivity index (χ4n) is 1.48. The normalized spacial score (nSPS) is 13.4. The van der Waals surface area contributed by atoms with Crippen LogP contribution in [0.2, 0.25) is 0 Å². The van der Waals surface area contributed by atoms with Gasteiger partial charge in [0, 0.05) is 11.4 Å². The Kier molecular flexibility index (Phi) is 4.77. The third-order valence-corrected chi connectivity index (χ3v) is 2.62. The maximum absolute atomic E-state index is 12.2. The van der Waals surface area contributed by atoms with Crippen LogP contribution in [0.25, 0.3) is 0 Å². The third kappa shape index (κ3) is 5.17. The summed E-state index contributed by atoms with van der Waals surface area (Å²) in [5, 5.41) is 2.52. The van der Waals surface area contributed by atoms with E-state index in [1.807, 2.05) is 0 Å². The van der Waals surface area contributed by atoms with Crippen LogP contribution in [-0.2, 0) is 4.79 Å². The Morgan fingerprint density at radius 1 is 1.47 bits per heavy atom. The predicted molar refractivity (Wildman–Crippen MR) is 67.6 cm³/mol. The quantitative estimate of drug-likeness (QED) is 0.827. The van der Waals surface area contributed by atoms with Crippen LogP contribution in [0.5, 0.6) is 0 Å². The van der Waals surface area contributed by atoms with Gasteiger partial charge in [-0.3, -0.25) is 9.69 Å². The summed E-state index contributed by atoms with van der Waals surface area (Å²) in [4.78, 5) is 12.7. The van der Waals surface area contributed by atoms with E-state index >= 15 is 0 Å². The average Bonchev–Trinajstić information content (AvgIpc) is 2.25. The van der Waals surface area contributed by atoms with Crippen molar-refractivity contribution < 1.29 is 18.0 Å². The lowest BCUT2D eigenvalue weighted by molar-refractivity contribution is -0.149. The molecule has 106 valence electrons. The third-order valence-electron chi connectivity index (χ3n) is 2.62. The van der Waals surface area contributed by atoms with Crippen molar-refractivity contribution in [1.82, 2.24) is 4.90 Å². The number of nitrogen functional groups attached to an aromatic ring is 1. The molecule has 1 rings (SSSR count). The molecule has 1 unspecified atom stereocenters. The minimum absolute atomic E-state index is 0.456. The molecular formula is C12H16F3N3O. The molecule has 0 aliphatic heterocycles. The highest BCUT2D eigenvalue weighted by Crippen LogP contribution is 2.18. The minimum Gasteiger partial charge on any atom is -0.399 e. The maximum Gasteiger partial charge on any atom is 0.401 e. The van der Waals surface area contributed by atoms with Gasteiger partial charge in [-0.1, -0.05) is 6.07 Å². The molecule has 0 spiro atoms. The SMILES string of the molecule is CC(C(=O)Nc1cccc(N)c1)N(C)CC(F)(F)F. The number of carbonyl (C=O) groups is 1. The lowest BCUT2D eigenvalue weighted by Gasteiger charge is -2.24. The van der Waals surface area contributed by atoms with Crippen LogP contribution in [0.15, 0.2) is 24.3 Å². The average molecular weight is 275 g/mol. The topological polar surface area (TPSA) is 58.4 Å². The van der Waals surface area contributed by atoms with E-state index < -0.39 is 24.7 Å². The molecule has 0 saturated heterocycles. The number of rotatable bonds is 4. The Balaban J connectivity index is 2.62. The summed E-state index contributed by atoms with van der Waals surface area (Å²) >= 11 is 0. The molecule has 3 N–H and O–H groups in total.